The van der Waals surface area contributed by atoms with Crippen LogP contribution in [0.25, 0.3) is 0 Å². The molecule has 0 amide bonds. The lowest BCUT2D eigenvalue weighted by molar-refractivity contribution is 0.207. The number of hydrogen-bond acceptors (Lipinski definition) is 4. The van der Waals surface area contributed by atoms with E-state index in [0.717, 1.165) is 0 Å². The molecule has 1 aromatic rings. The van der Waals surface area contributed by atoms with Gasteiger partial charge in [0.25, 0.3) is 0 Å². The van der Waals surface area contributed by atoms with E-state index in [4.69, 9.17) is 16.0 Å². The van der Waals surface area contributed by atoms with Crippen LogP contribution in [0.3, 0.4) is 0 Å². The zero-order chi connectivity index (χ0) is 14.4. The van der Waals surface area contributed by atoms with Crippen molar-refractivity contribution in [1.82, 2.24) is 5.32 Å². The quantitative estimate of drug-likeness (QED) is 0.269. The van der Waals surface area contributed by atoms with Crippen molar-refractivity contribution in [2.75, 3.05) is 6.61 Å². The largest absolute Gasteiger partial charge is 0.409 e. The number of hydrogen-bond donors (Lipinski definition) is 4. The Balaban J connectivity index is 2.70. The first kappa shape index (κ1) is 15.4. The molecule has 5 N–H and O–H groups in total. The Bertz CT molecular complexity index is 452. The van der Waals surface area contributed by atoms with E-state index in [1.807, 2.05) is 13.8 Å². The summed E-state index contributed by atoms with van der Waals surface area (Å²) in [5.74, 6) is -0.444. The third-order valence-corrected chi connectivity index (χ3v) is 3.21. The number of oxime groups is 1. The summed E-state index contributed by atoms with van der Waals surface area (Å²) < 4.78 is 13.8. The van der Waals surface area contributed by atoms with Gasteiger partial charge >= 0.3 is 0 Å². The molecule has 2 atom stereocenters. The number of amidine groups is 1. The van der Waals surface area contributed by atoms with Crippen LogP contribution in [0.2, 0.25) is 0 Å². The summed E-state index contributed by atoms with van der Waals surface area (Å²) in [7, 11) is 0. The van der Waals surface area contributed by atoms with Crippen molar-refractivity contribution in [2.24, 2.45) is 16.8 Å². The van der Waals surface area contributed by atoms with Gasteiger partial charge in [0.05, 0.1) is 0 Å². The van der Waals surface area contributed by atoms with Crippen LogP contribution in [0.1, 0.15) is 25.0 Å². The number of nitrogens with one attached hydrogen (secondary N) is 1. The fourth-order valence-corrected chi connectivity index (χ4v) is 1.54. The molecule has 0 aliphatic rings. The number of nitrogens with zero attached hydrogens (tertiary/aromatic N) is 1. The van der Waals surface area contributed by atoms with Crippen molar-refractivity contribution in [2.45, 2.75) is 26.4 Å². The Kier molecular flexibility index (Phi) is 5.72. The van der Waals surface area contributed by atoms with E-state index in [-0.39, 0.29) is 24.4 Å². The Morgan fingerprint density at radius 2 is 2.16 bits per heavy atom. The van der Waals surface area contributed by atoms with Crippen LogP contribution >= 0.6 is 0 Å². The van der Waals surface area contributed by atoms with Gasteiger partial charge in [0, 0.05) is 30.3 Å². The van der Waals surface area contributed by atoms with Crippen LogP contribution < -0.4 is 11.1 Å². The van der Waals surface area contributed by atoms with E-state index in [1.165, 1.54) is 6.07 Å². The summed E-state index contributed by atoms with van der Waals surface area (Å²) >= 11 is 0. The molecule has 1 aromatic carbocycles. The van der Waals surface area contributed by atoms with Crippen molar-refractivity contribution in [3.05, 3.63) is 35.1 Å². The fourth-order valence-electron chi connectivity index (χ4n) is 1.54. The second-order valence-electron chi connectivity index (χ2n) is 4.62. The van der Waals surface area contributed by atoms with Gasteiger partial charge in [0.1, 0.15) is 5.82 Å². The number of halogens is 1. The highest BCUT2D eigenvalue weighted by atomic mass is 19.1. The second-order valence-corrected chi connectivity index (χ2v) is 4.62. The van der Waals surface area contributed by atoms with Crippen molar-refractivity contribution in [1.29, 1.82) is 0 Å². The summed E-state index contributed by atoms with van der Waals surface area (Å²) in [6.07, 6.45) is 0. The number of rotatable bonds is 6. The molecule has 0 radical (unpaired) electrons. The van der Waals surface area contributed by atoms with Crippen LogP contribution in [0.5, 0.6) is 0 Å². The van der Waals surface area contributed by atoms with Gasteiger partial charge in [0.15, 0.2) is 5.84 Å². The zero-order valence-electron chi connectivity index (χ0n) is 11.1. The zero-order valence-corrected chi connectivity index (χ0v) is 11.1. The van der Waals surface area contributed by atoms with Gasteiger partial charge in [0.2, 0.25) is 0 Å². The monoisotopic (exact) mass is 269 g/mol. The lowest BCUT2D eigenvalue weighted by Gasteiger charge is -2.19. The molecular formula is C13H20FN3O2. The van der Waals surface area contributed by atoms with Gasteiger partial charge in [-0.3, -0.25) is 0 Å². The Labute approximate surface area is 111 Å². The number of nitrogens with two attached hydrogens (primary N) is 1. The second kappa shape index (κ2) is 7.06. The first-order valence-corrected chi connectivity index (χ1v) is 6.10. The summed E-state index contributed by atoms with van der Waals surface area (Å²) in [5.41, 5.74) is 6.21. The highest BCUT2D eigenvalue weighted by molar-refractivity contribution is 5.97. The first-order chi connectivity index (χ1) is 8.99. The number of aliphatic hydroxyl groups excluding tert-OH is 1. The normalized spacial score (nSPS) is 15.3. The molecule has 0 saturated heterocycles. The predicted octanol–water partition coefficient (Wildman–Crippen LogP) is 1.03. The maximum absolute atomic E-state index is 13.8. The lowest BCUT2D eigenvalue weighted by Crippen LogP contribution is -2.33. The maximum Gasteiger partial charge on any atom is 0.170 e. The van der Waals surface area contributed by atoms with Gasteiger partial charge < -0.3 is 21.4 Å². The topological polar surface area (TPSA) is 90.9 Å². The van der Waals surface area contributed by atoms with Gasteiger partial charge in [-0.1, -0.05) is 24.2 Å². The predicted molar refractivity (Wildman–Crippen MR) is 71.5 cm³/mol. The van der Waals surface area contributed by atoms with Gasteiger partial charge in [-0.25, -0.2) is 4.39 Å². The van der Waals surface area contributed by atoms with Gasteiger partial charge in [-0.05, 0) is 18.9 Å². The maximum atomic E-state index is 13.8. The molecule has 19 heavy (non-hydrogen) atoms. The van der Waals surface area contributed by atoms with Crippen LogP contribution in [0.4, 0.5) is 4.39 Å². The van der Waals surface area contributed by atoms with Crippen LogP contribution in [0.15, 0.2) is 23.4 Å². The smallest absolute Gasteiger partial charge is 0.170 e. The molecule has 0 bridgehead atoms. The Morgan fingerprint density at radius 1 is 1.47 bits per heavy atom. The molecule has 0 fully saturated rings. The average Bonchev–Trinajstić information content (AvgIpc) is 2.43. The van der Waals surface area contributed by atoms with E-state index in [9.17, 15) is 4.39 Å². The summed E-state index contributed by atoms with van der Waals surface area (Å²) in [5, 5.41) is 23.5. The van der Waals surface area contributed by atoms with E-state index in [2.05, 4.69) is 10.5 Å². The minimum Gasteiger partial charge on any atom is -0.409 e. The molecule has 2 unspecified atom stereocenters. The van der Waals surface area contributed by atoms with Crippen LogP contribution in [0, 0.1) is 11.7 Å². The molecule has 0 aromatic heterocycles. The molecule has 0 aliphatic heterocycles. The standard InChI is InChI=1S/C13H20FN3O2/c1-8(7-18)9(2)16-6-11-4-3-10(5-12(11)14)13(15)17-19/h3-5,8-9,16,18-19H,6-7H2,1-2H3,(H2,15,17). The summed E-state index contributed by atoms with van der Waals surface area (Å²) in [6, 6.07) is 4.49. The molecule has 6 heteroatoms. The average molecular weight is 269 g/mol. The summed E-state index contributed by atoms with van der Waals surface area (Å²) in [4.78, 5) is 0. The van der Waals surface area contributed by atoms with Crippen molar-refractivity contribution in [3.8, 4) is 0 Å². The third kappa shape index (κ3) is 4.18. The molecular weight excluding hydrogens is 249 g/mol. The molecule has 1 rings (SSSR count). The van der Waals surface area contributed by atoms with E-state index >= 15 is 0 Å². The Morgan fingerprint density at radius 3 is 2.68 bits per heavy atom. The van der Waals surface area contributed by atoms with E-state index in [1.54, 1.807) is 12.1 Å². The minimum atomic E-state index is -0.416. The van der Waals surface area contributed by atoms with Crippen LogP contribution in [-0.2, 0) is 6.54 Å². The molecule has 0 saturated carbocycles. The lowest BCUT2D eigenvalue weighted by atomic mass is 10.0. The van der Waals surface area contributed by atoms with Crippen molar-refractivity contribution in [3.63, 3.8) is 0 Å². The van der Waals surface area contributed by atoms with Gasteiger partial charge in [-0.15, -0.1) is 0 Å². The SMILES string of the molecule is CC(CO)C(C)NCc1ccc(/C(N)=N/O)cc1F. The summed E-state index contributed by atoms with van der Waals surface area (Å²) in [6.45, 7) is 4.28. The van der Waals surface area contributed by atoms with Crippen molar-refractivity contribution >= 4 is 5.84 Å². The third-order valence-electron chi connectivity index (χ3n) is 3.21. The molecule has 106 valence electrons. The first-order valence-electron chi connectivity index (χ1n) is 6.10. The van der Waals surface area contributed by atoms with E-state index in [0.29, 0.717) is 17.7 Å². The van der Waals surface area contributed by atoms with Crippen LogP contribution in [-0.4, -0.2) is 28.8 Å². The molecule has 0 heterocycles. The highest BCUT2D eigenvalue weighted by Gasteiger charge is 2.12. The van der Waals surface area contributed by atoms with Gasteiger partial charge in [-0.2, -0.15) is 0 Å². The molecule has 0 aliphatic carbocycles. The minimum absolute atomic E-state index is 0.0770. The number of aliphatic hydroxyl groups is 1. The number of benzene rings is 1. The highest BCUT2D eigenvalue weighted by Crippen LogP contribution is 2.11. The Hall–Kier alpha value is -1.66. The molecule has 0 spiro atoms. The van der Waals surface area contributed by atoms with E-state index < -0.39 is 5.82 Å². The van der Waals surface area contributed by atoms with Crippen molar-refractivity contribution < 1.29 is 14.7 Å². The fraction of sp³-hybridized carbons (Fsp3) is 0.462. The molecule has 5 nitrogen and oxygen atoms in total.